The van der Waals surface area contributed by atoms with Gasteiger partial charge in [-0.1, -0.05) is 12.1 Å². The minimum Gasteiger partial charge on any atom is -0.481 e. The van der Waals surface area contributed by atoms with Crippen molar-refractivity contribution in [2.75, 3.05) is 0 Å². The van der Waals surface area contributed by atoms with E-state index < -0.39 is 10.9 Å². The van der Waals surface area contributed by atoms with E-state index in [9.17, 15) is 14.9 Å². The van der Waals surface area contributed by atoms with Crippen molar-refractivity contribution in [3.8, 4) is 11.6 Å². The van der Waals surface area contributed by atoms with Gasteiger partial charge in [-0.15, -0.1) is 0 Å². The highest BCUT2D eigenvalue weighted by Crippen LogP contribution is 2.31. The summed E-state index contributed by atoms with van der Waals surface area (Å²) in [6, 6.07) is 7.59. The van der Waals surface area contributed by atoms with Crippen LogP contribution in [-0.2, 0) is 11.2 Å². The molecule has 1 heterocycles. The van der Waals surface area contributed by atoms with Crippen LogP contribution in [0.3, 0.4) is 0 Å². The fraction of sp³-hybridized carbons (Fsp3) is 0.0769. The normalized spacial score (nSPS) is 10.1. The van der Waals surface area contributed by atoms with Crippen molar-refractivity contribution in [2.45, 2.75) is 6.42 Å². The van der Waals surface area contributed by atoms with Crippen LogP contribution in [0.4, 0.5) is 5.69 Å². The molecule has 0 fully saturated rings. The van der Waals surface area contributed by atoms with E-state index in [1.54, 1.807) is 18.2 Å². The molecular weight excluding hydrogens is 344 g/mol. The largest absolute Gasteiger partial charge is 0.481 e. The summed E-state index contributed by atoms with van der Waals surface area (Å²) in [4.78, 5) is 24.9. The van der Waals surface area contributed by atoms with Crippen LogP contribution in [0.2, 0.25) is 0 Å². The Hall–Kier alpha value is -2.48. The molecule has 0 bridgehead atoms. The summed E-state index contributed by atoms with van der Waals surface area (Å²) in [5.41, 5.74) is 0.243. The molecule has 1 aromatic carbocycles. The number of aromatic nitrogens is 1. The predicted octanol–water partition coefficient (Wildman–Crippen LogP) is 3.17. The molecule has 0 saturated heterocycles. The zero-order valence-corrected chi connectivity index (χ0v) is 12.1. The average Bonchev–Trinajstić information content (AvgIpc) is 2.40. The lowest BCUT2D eigenvalue weighted by molar-refractivity contribution is -0.386. The second-order valence-electron chi connectivity index (χ2n) is 4.05. The first-order valence-corrected chi connectivity index (χ1v) is 6.53. The van der Waals surface area contributed by atoms with E-state index in [4.69, 9.17) is 9.84 Å². The van der Waals surface area contributed by atoms with Crippen molar-refractivity contribution in [1.82, 2.24) is 4.98 Å². The first kappa shape index (κ1) is 14.9. The Balaban J connectivity index is 2.30. The number of rotatable bonds is 5. The Morgan fingerprint density at radius 3 is 2.86 bits per heavy atom. The van der Waals surface area contributed by atoms with Gasteiger partial charge in [0, 0.05) is 16.7 Å². The molecule has 0 aliphatic heterocycles. The van der Waals surface area contributed by atoms with Crippen LogP contribution in [0.25, 0.3) is 0 Å². The summed E-state index contributed by atoms with van der Waals surface area (Å²) in [6.07, 6.45) is 1.22. The van der Waals surface area contributed by atoms with Crippen LogP contribution in [-0.4, -0.2) is 21.0 Å². The number of nitrogens with zero attached hydrogens (tertiary/aromatic N) is 2. The number of hydrogen-bond acceptors (Lipinski definition) is 5. The highest BCUT2D eigenvalue weighted by atomic mass is 79.9. The van der Waals surface area contributed by atoms with Crippen LogP contribution in [0.5, 0.6) is 11.6 Å². The first-order valence-electron chi connectivity index (χ1n) is 5.74. The number of carboxylic acid groups (broad SMARTS) is 1. The molecule has 0 amide bonds. The molecule has 0 unspecified atom stereocenters. The molecule has 1 aromatic heterocycles. The number of carbonyl (C=O) groups is 1. The van der Waals surface area contributed by atoms with Crippen molar-refractivity contribution in [1.29, 1.82) is 0 Å². The van der Waals surface area contributed by atoms with E-state index in [0.29, 0.717) is 10.0 Å². The predicted molar refractivity (Wildman–Crippen MR) is 76.4 cm³/mol. The number of ether oxygens (including phenoxy) is 1. The van der Waals surface area contributed by atoms with Gasteiger partial charge in [0.05, 0.1) is 11.3 Å². The fourth-order valence-electron chi connectivity index (χ4n) is 1.63. The Morgan fingerprint density at radius 2 is 2.19 bits per heavy atom. The maximum absolute atomic E-state index is 11.0. The smallest absolute Gasteiger partial charge is 0.332 e. The van der Waals surface area contributed by atoms with Gasteiger partial charge in [0.15, 0.2) is 0 Å². The number of aliphatic carboxylic acids is 1. The second-order valence-corrected chi connectivity index (χ2v) is 4.97. The third-order valence-electron chi connectivity index (χ3n) is 2.46. The third-order valence-corrected chi connectivity index (χ3v) is 2.90. The molecule has 0 aliphatic rings. The Morgan fingerprint density at radius 1 is 1.43 bits per heavy atom. The maximum Gasteiger partial charge on any atom is 0.332 e. The van der Waals surface area contributed by atoms with Crippen LogP contribution in [0.15, 0.2) is 41.0 Å². The lowest BCUT2D eigenvalue weighted by Gasteiger charge is -2.06. The highest BCUT2D eigenvalue weighted by Gasteiger charge is 2.18. The Bertz CT molecular complexity index is 705. The molecule has 2 aromatic rings. The van der Waals surface area contributed by atoms with E-state index in [1.807, 2.05) is 0 Å². The number of carboxylic acids is 1. The summed E-state index contributed by atoms with van der Waals surface area (Å²) in [5, 5.41) is 19.7. The minimum atomic E-state index is -0.972. The Kier molecular flexibility index (Phi) is 4.49. The van der Waals surface area contributed by atoms with E-state index in [1.165, 1.54) is 18.3 Å². The number of halogens is 1. The minimum absolute atomic E-state index is 0.157. The van der Waals surface area contributed by atoms with E-state index in [2.05, 4.69) is 20.9 Å². The van der Waals surface area contributed by atoms with Crippen LogP contribution < -0.4 is 4.74 Å². The van der Waals surface area contributed by atoms with E-state index in [-0.39, 0.29) is 23.7 Å². The van der Waals surface area contributed by atoms with Crippen molar-refractivity contribution < 1.29 is 19.6 Å². The SMILES string of the molecule is O=C(O)Cc1cccc(Oc2ncc(Br)cc2[N+](=O)[O-])c1. The van der Waals surface area contributed by atoms with Crippen molar-refractivity contribution in [2.24, 2.45) is 0 Å². The summed E-state index contributed by atoms with van der Waals surface area (Å²) < 4.78 is 5.84. The van der Waals surface area contributed by atoms with Gasteiger partial charge in [-0.2, -0.15) is 0 Å². The fourth-order valence-corrected chi connectivity index (χ4v) is 1.95. The zero-order chi connectivity index (χ0) is 15.4. The van der Waals surface area contributed by atoms with E-state index >= 15 is 0 Å². The summed E-state index contributed by atoms with van der Waals surface area (Å²) in [5.74, 6) is -0.845. The first-order chi connectivity index (χ1) is 9.95. The lowest BCUT2D eigenvalue weighted by Crippen LogP contribution is -2.00. The van der Waals surface area contributed by atoms with Gasteiger partial charge < -0.3 is 9.84 Å². The molecule has 8 heteroatoms. The molecule has 7 nitrogen and oxygen atoms in total. The second kappa shape index (κ2) is 6.31. The van der Waals surface area contributed by atoms with Crippen LogP contribution in [0.1, 0.15) is 5.56 Å². The molecule has 0 atom stereocenters. The standard InChI is InChI=1S/C13H9BrN2O5/c14-9-6-11(16(19)20)13(15-7-9)21-10-3-1-2-8(4-10)5-12(17)18/h1-4,6-7H,5H2,(H,17,18). The van der Waals surface area contributed by atoms with Crippen molar-refractivity contribution in [3.05, 3.63) is 56.7 Å². The Labute approximate surface area is 127 Å². The molecule has 0 saturated carbocycles. The molecular formula is C13H9BrN2O5. The van der Waals surface area contributed by atoms with Crippen molar-refractivity contribution >= 4 is 27.6 Å². The molecule has 1 N–H and O–H groups in total. The van der Waals surface area contributed by atoms with Gasteiger partial charge in [-0.25, -0.2) is 4.98 Å². The summed E-state index contributed by atoms with van der Waals surface area (Å²) in [6.45, 7) is 0. The van der Waals surface area contributed by atoms with Gasteiger partial charge >= 0.3 is 11.7 Å². The highest BCUT2D eigenvalue weighted by molar-refractivity contribution is 9.10. The number of nitro groups is 1. The topological polar surface area (TPSA) is 103 Å². The molecule has 0 aliphatic carbocycles. The summed E-state index contributed by atoms with van der Waals surface area (Å²) >= 11 is 3.10. The lowest BCUT2D eigenvalue weighted by atomic mass is 10.1. The molecule has 0 spiro atoms. The molecule has 21 heavy (non-hydrogen) atoms. The number of hydrogen-bond donors (Lipinski definition) is 1. The van der Waals surface area contributed by atoms with Gasteiger partial charge in [0.25, 0.3) is 5.88 Å². The average molecular weight is 353 g/mol. The third kappa shape index (κ3) is 3.99. The van der Waals surface area contributed by atoms with Crippen LogP contribution in [0, 0.1) is 10.1 Å². The monoisotopic (exact) mass is 352 g/mol. The summed E-state index contributed by atoms with van der Waals surface area (Å²) in [7, 11) is 0. The number of pyridine rings is 1. The number of benzene rings is 1. The van der Waals surface area contributed by atoms with Gasteiger partial charge in [0.1, 0.15) is 5.75 Å². The zero-order valence-electron chi connectivity index (χ0n) is 10.5. The molecule has 0 radical (unpaired) electrons. The van der Waals surface area contributed by atoms with Gasteiger partial charge in [-0.05, 0) is 33.6 Å². The van der Waals surface area contributed by atoms with Gasteiger partial charge in [0.2, 0.25) is 0 Å². The maximum atomic E-state index is 11.0. The quantitative estimate of drug-likeness (QED) is 0.654. The van der Waals surface area contributed by atoms with Crippen LogP contribution >= 0.6 is 15.9 Å². The van der Waals surface area contributed by atoms with Crippen molar-refractivity contribution in [3.63, 3.8) is 0 Å². The van der Waals surface area contributed by atoms with E-state index in [0.717, 1.165) is 0 Å². The van der Waals surface area contributed by atoms with Gasteiger partial charge in [-0.3, -0.25) is 14.9 Å². The molecule has 2 rings (SSSR count). The molecule has 108 valence electrons.